The fraction of sp³-hybridized carbons (Fsp3) is 0.385. The van der Waals surface area contributed by atoms with E-state index in [9.17, 15) is 9.59 Å². The number of nitrogens with one attached hydrogen (secondary N) is 1. The van der Waals surface area contributed by atoms with Gasteiger partial charge in [-0.05, 0) is 81.3 Å². The van der Waals surface area contributed by atoms with Gasteiger partial charge in [-0.1, -0.05) is 12.1 Å². The number of amides is 2. The Hall–Kier alpha value is -3.30. The monoisotopic (exact) mass is 488 g/mol. The second kappa shape index (κ2) is 8.73. The van der Waals surface area contributed by atoms with Crippen LogP contribution in [-0.4, -0.2) is 68.2 Å². The Bertz CT molecular complexity index is 1510. The van der Waals surface area contributed by atoms with E-state index in [1.807, 2.05) is 51.8 Å². The van der Waals surface area contributed by atoms with Gasteiger partial charge in [0.15, 0.2) is 4.77 Å². The second-order valence-corrected chi connectivity index (χ2v) is 10.1. The van der Waals surface area contributed by atoms with E-state index in [4.69, 9.17) is 22.9 Å². The Balaban J connectivity index is 1.19. The van der Waals surface area contributed by atoms with Crippen molar-refractivity contribution in [3.05, 3.63) is 52.8 Å². The number of piperidine rings is 2. The molecule has 0 atom stereocenters. The highest BCUT2D eigenvalue weighted by Crippen LogP contribution is 2.27. The summed E-state index contributed by atoms with van der Waals surface area (Å²) < 4.78 is 2.51. The lowest BCUT2D eigenvalue weighted by Gasteiger charge is -2.41. The fourth-order valence-electron chi connectivity index (χ4n) is 5.72. The number of carbonyl (C=O) groups is 2. The summed E-state index contributed by atoms with van der Waals surface area (Å²) in [5.74, 6) is -0.122. The SMILES string of the molecule is NC(=O)C1CCN(C2CCN(C(=O)c3ccc4c(c3)[nH]c(=S)n3c5ccccc5nc43)CC2)CC1. The quantitative estimate of drug-likeness (QED) is 0.430. The number of nitrogens with zero attached hydrogens (tertiary/aromatic N) is 4. The van der Waals surface area contributed by atoms with Crippen molar-refractivity contribution >= 4 is 51.6 Å². The zero-order valence-electron chi connectivity index (χ0n) is 19.4. The van der Waals surface area contributed by atoms with Crippen molar-refractivity contribution in [3.8, 4) is 0 Å². The summed E-state index contributed by atoms with van der Waals surface area (Å²) in [5, 5.41) is 0.935. The number of hydrogen-bond donors (Lipinski definition) is 2. The molecule has 4 aromatic rings. The van der Waals surface area contributed by atoms with Crippen LogP contribution in [0.15, 0.2) is 42.5 Å². The number of H-pyrrole nitrogens is 1. The number of aromatic nitrogens is 3. The number of carbonyl (C=O) groups excluding carboxylic acids is 2. The molecule has 0 saturated carbocycles. The minimum atomic E-state index is -0.178. The molecule has 2 fully saturated rings. The van der Waals surface area contributed by atoms with E-state index in [0.29, 0.717) is 16.4 Å². The number of aromatic amines is 1. The van der Waals surface area contributed by atoms with E-state index >= 15 is 0 Å². The van der Waals surface area contributed by atoms with Crippen LogP contribution in [0.2, 0.25) is 0 Å². The summed E-state index contributed by atoms with van der Waals surface area (Å²) in [4.78, 5) is 37.3. The molecule has 2 saturated heterocycles. The molecule has 35 heavy (non-hydrogen) atoms. The zero-order valence-corrected chi connectivity index (χ0v) is 20.3. The number of fused-ring (bicyclic) bond motifs is 5. The number of benzene rings is 2. The normalized spacial score (nSPS) is 18.6. The van der Waals surface area contributed by atoms with Gasteiger partial charge in [0.05, 0.1) is 16.6 Å². The lowest BCUT2D eigenvalue weighted by Crippen LogP contribution is -2.49. The average Bonchev–Trinajstić information content (AvgIpc) is 3.29. The van der Waals surface area contributed by atoms with E-state index < -0.39 is 0 Å². The van der Waals surface area contributed by atoms with Gasteiger partial charge in [0.25, 0.3) is 5.91 Å². The Morgan fingerprint density at radius 3 is 2.49 bits per heavy atom. The van der Waals surface area contributed by atoms with Crippen molar-refractivity contribution in [1.29, 1.82) is 0 Å². The average molecular weight is 489 g/mol. The minimum Gasteiger partial charge on any atom is -0.369 e. The first-order chi connectivity index (χ1) is 17.0. The van der Waals surface area contributed by atoms with E-state index in [1.54, 1.807) is 0 Å². The number of primary amides is 1. The third kappa shape index (κ3) is 3.88. The van der Waals surface area contributed by atoms with Crippen LogP contribution in [0.25, 0.3) is 27.6 Å². The van der Waals surface area contributed by atoms with Crippen LogP contribution >= 0.6 is 12.2 Å². The van der Waals surface area contributed by atoms with Crippen LogP contribution in [0, 0.1) is 10.7 Å². The van der Waals surface area contributed by atoms with Crippen LogP contribution in [0.5, 0.6) is 0 Å². The van der Waals surface area contributed by atoms with Gasteiger partial charge in [0.1, 0.15) is 5.65 Å². The predicted molar refractivity (Wildman–Crippen MR) is 138 cm³/mol. The molecule has 0 unspecified atom stereocenters. The van der Waals surface area contributed by atoms with Crippen molar-refractivity contribution in [3.63, 3.8) is 0 Å². The highest BCUT2D eigenvalue weighted by Gasteiger charge is 2.31. The number of hydrogen-bond acceptors (Lipinski definition) is 5. The number of likely N-dealkylation sites (tertiary alicyclic amines) is 2. The number of nitrogens with two attached hydrogens (primary N) is 1. The molecule has 2 aromatic carbocycles. The molecule has 2 aliphatic heterocycles. The molecule has 6 rings (SSSR count). The summed E-state index contributed by atoms with van der Waals surface area (Å²) in [6.45, 7) is 3.29. The summed E-state index contributed by atoms with van der Waals surface area (Å²) in [5.41, 5.74) is 9.60. The maximum Gasteiger partial charge on any atom is 0.253 e. The standard InChI is InChI=1S/C26H28N6O2S/c27-23(33)16-7-11-30(12-8-16)18-9-13-31(14-10-18)25(34)17-5-6-19-21(15-17)29-26(35)32-22-4-2-1-3-20(22)28-24(19)32/h1-6,15-16,18H,7-14H2,(H2,27,33)(H,29,35). The molecule has 0 bridgehead atoms. The van der Waals surface area contributed by atoms with E-state index in [2.05, 4.69) is 9.88 Å². The molecule has 0 radical (unpaired) electrons. The van der Waals surface area contributed by atoms with Gasteiger partial charge >= 0.3 is 0 Å². The molecular weight excluding hydrogens is 460 g/mol. The molecule has 3 N–H and O–H groups in total. The van der Waals surface area contributed by atoms with Crippen molar-refractivity contribution in [2.75, 3.05) is 26.2 Å². The van der Waals surface area contributed by atoms with Crippen LogP contribution < -0.4 is 5.73 Å². The predicted octanol–water partition coefficient (Wildman–Crippen LogP) is 3.50. The first kappa shape index (κ1) is 22.2. The van der Waals surface area contributed by atoms with Gasteiger partial charge in [-0.25, -0.2) is 4.98 Å². The van der Waals surface area contributed by atoms with Crippen molar-refractivity contribution in [2.24, 2.45) is 11.7 Å². The topological polar surface area (TPSA) is 99.7 Å². The highest BCUT2D eigenvalue weighted by molar-refractivity contribution is 7.71. The Morgan fingerprint density at radius 1 is 1.00 bits per heavy atom. The van der Waals surface area contributed by atoms with Crippen LogP contribution in [0.3, 0.4) is 0 Å². The highest BCUT2D eigenvalue weighted by atomic mass is 32.1. The molecular formula is C26H28N6O2S. The van der Waals surface area contributed by atoms with Gasteiger partial charge in [-0.3, -0.25) is 14.0 Å². The van der Waals surface area contributed by atoms with Gasteiger partial charge in [-0.15, -0.1) is 0 Å². The van der Waals surface area contributed by atoms with Gasteiger partial charge in [-0.2, -0.15) is 0 Å². The maximum absolute atomic E-state index is 13.3. The summed E-state index contributed by atoms with van der Waals surface area (Å²) in [7, 11) is 0. The van der Waals surface area contributed by atoms with Crippen LogP contribution in [0.1, 0.15) is 36.0 Å². The first-order valence-electron chi connectivity index (χ1n) is 12.3. The summed E-state index contributed by atoms with van der Waals surface area (Å²) in [6, 6.07) is 14.1. The van der Waals surface area contributed by atoms with Crippen molar-refractivity contribution in [2.45, 2.75) is 31.7 Å². The van der Waals surface area contributed by atoms with Crippen LogP contribution in [0.4, 0.5) is 0 Å². The Labute approximate surface area is 207 Å². The van der Waals surface area contributed by atoms with E-state index in [1.165, 1.54) is 0 Å². The lowest BCUT2D eigenvalue weighted by molar-refractivity contribution is -0.123. The number of rotatable bonds is 3. The van der Waals surface area contributed by atoms with Gasteiger partial charge in [0.2, 0.25) is 5.91 Å². The lowest BCUT2D eigenvalue weighted by atomic mass is 9.93. The molecule has 2 aliphatic rings. The minimum absolute atomic E-state index is 0.00913. The van der Waals surface area contributed by atoms with Gasteiger partial charge in [0, 0.05) is 36.0 Å². The molecule has 180 valence electrons. The maximum atomic E-state index is 13.3. The molecule has 2 amide bonds. The zero-order chi connectivity index (χ0) is 24.1. The Kier molecular flexibility index (Phi) is 5.53. The summed E-state index contributed by atoms with van der Waals surface area (Å²) >= 11 is 5.63. The molecule has 4 heterocycles. The second-order valence-electron chi connectivity index (χ2n) is 9.69. The largest absolute Gasteiger partial charge is 0.369 e. The molecule has 9 heteroatoms. The first-order valence-corrected chi connectivity index (χ1v) is 12.7. The summed E-state index contributed by atoms with van der Waals surface area (Å²) in [6.07, 6.45) is 3.58. The van der Waals surface area contributed by atoms with E-state index in [-0.39, 0.29) is 17.7 Å². The molecule has 0 spiro atoms. The third-order valence-electron chi connectivity index (χ3n) is 7.71. The third-order valence-corrected chi connectivity index (χ3v) is 8.00. The molecule has 8 nitrogen and oxygen atoms in total. The van der Waals surface area contributed by atoms with Crippen molar-refractivity contribution in [1.82, 2.24) is 24.2 Å². The molecule has 0 aliphatic carbocycles. The number of para-hydroxylation sites is 2. The Morgan fingerprint density at radius 2 is 1.74 bits per heavy atom. The van der Waals surface area contributed by atoms with E-state index in [0.717, 1.165) is 79.4 Å². The van der Waals surface area contributed by atoms with Gasteiger partial charge < -0.3 is 20.5 Å². The van der Waals surface area contributed by atoms with Crippen molar-refractivity contribution < 1.29 is 9.59 Å². The molecule has 2 aromatic heterocycles. The fourth-order valence-corrected chi connectivity index (χ4v) is 6.02. The smallest absolute Gasteiger partial charge is 0.253 e. The number of imidazole rings is 1. The van der Waals surface area contributed by atoms with Crippen LogP contribution in [-0.2, 0) is 4.79 Å².